The molecule has 0 saturated carbocycles. The molecular formula is C18H26FIN4S. The fourth-order valence-corrected chi connectivity index (χ4v) is 3.06. The zero-order chi connectivity index (χ0) is 17.2. The van der Waals surface area contributed by atoms with Gasteiger partial charge in [-0.05, 0) is 37.5 Å². The average Bonchev–Trinajstić information content (AvgIpc) is 3.05. The van der Waals surface area contributed by atoms with Crippen LogP contribution in [0.4, 0.5) is 4.39 Å². The average molecular weight is 476 g/mol. The Kier molecular flexibility index (Phi) is 10.6. The lowest BCUT2D eigenvalue weighted by Crippen LogP contribution is -2.38. The molecule has 0 unspecified atom stereocenters. The Labute approximate surface area is 170 Å². The first-order valence-electron chi connectivity index (χ1n) is 8.41. The highest BCUT2D eigenvalue weighted by Crippen LogP contribution is 2.13. The summed E-state index contributed by atoms with van der Waals surface area (Å²) in [7, 11) is 0. The first kappa shape index (κ1) is 21.8. The van der Waals surface area contributed by atoms with Crippen LogP contribution >= 0.6 is 35.3 Å². The fourth-order valence-electron chi connectivity index (χ4n) is 2.21. The van der Waals surface area contributed by atoms with E-state index in [0.29, 0.717) is 6.54 Å². The van der Waals surface area contributed by atoms with Gasteiger partial charge in [-0.1, -0.05) is 19.1 Å². The third-order valence-electron chi connectivity index (χ3n) is 3.51. The smallest absolute Gasteiger partial charge is 0.191 e. The molecule has 0 fully saturated rings. The van der Waals surface area contributed by atoms with Crippen LogP contribution in [-0.2, 0) is 19.3 Å². The molecule has 2 aromatic rings. The van der Waals surface area contributed by atoms with Crippen LogP contribution in [0.2, 0.25) is 0 Å². The second kappa shape index (κ2) is 12.2. The van der Waals surface area contributed by atoms with Crippen molar-refractivity contribution in [2.45, 2.75) is 33.1 Å². The molecule has 1 aromatic heterocycles. The third-order valence-corrected chi connectivity index (χ3v) is 4.71. The van der Waals surface area contributed by atoms with E-state index in [1.54, 1.807) is 11.3 Å². The number of benzene rings is 1. The molecule has 2 rings (SSSR count). The molecule has 25 heavy (non-hydrogen) atoms. The highest BCUT2D eigenvalue weighted by molar-refractivity contribution is 14.0. The lowest BCUT2D eigenvalue weighted by molar-refractivity contribution is 0.626. The standard InChI is InChI=1S/C18H25FN4S.HI/c1-3-16-13-23-17(24-16)10-12-22-18(20-4-2)21-11-9-14-5-7-15(19)8-6-14;/h5-8,13H,3-4,9-12H2,1-2H3,(H2,20,21,22);1H. The summed E-state index contributed by atoms with van der Waals surface area (Å²) in [6, 6.07) is 6.62. The number of nitrogens with one attached hydrogen (secondary N) is 2. The minimum absolute atomic E-state index is 0. The predicted molar refractivity (Wildman–Crippen MR) is 115 cm³/mol. The molecule has 0 aliphatic carbocycles. The quantitative estimate of drug-likeness (QED) is 0.346. The normalized spacial score (nSPS) is 11.1. The van der Waals surface area contributed by atoms with Gasteiger partial charge >= 0.3 is 0 Å². The second-order valence-corrected chi connectivity index (χ2v) is 6.59. The SMILES string of the molecule is CCNC(=NCCc1ncc(CC)s1)NCCc1ccc(F)cc1.I. The summed E-state index contributed by atoms with van der Waals surface area (Å²) in [5.41, 5.74) is 1.11. The van der Waals surface area contributed by atoms with Crippen LogP contribution in [0.15, 0.2) is 35.5 Å². The summed E-state index contributed by atoms with van der Waals surface area (Å²) in [6.45, 7) is 6.48. The van der Waals surface area contributed by atoms with Gasteiger partial charge in [0.15, 0.2) is 5.96 Å². The van der Waals surface area contributed by atoms with Gasteiger partial charge < -0.3 is 10.6 Å². The summed E-state index contributed by atoms with van der Waals surface area (Å²) in [4.78, 5) is 10.3. The van der Waals surface area contributed by atoms with Gasteiger partial charge in [0.1, 0.15) is 5.82 Å². The van der Waals surface area contributed by atoms with E-state index in [1.807, 2.05) is 25.3 Å². The molecule has 7 heteroatoms. The van der Waals surface area contributed by atoms with Gasteiger partial charge in [-0.15, -0.1) is 35.3 Å². The zero-order valence-electron chi connectivity index (χ0n) is 14.7. The van der Waals surface area contributed by atoms with Gasteiger partial charge in [0.05, 0.1) is 5.01 Å². The third kappa shape index (κ3) is 8.13. The molecule has 0 amide bonds. The van der Waals surface area contributed by atoms with Crippen molar-refractivity contribution in [3.8, 4) is 0 Å². The summed E-state index contributed by atoms with van der Waals surface area (Å²) in [5.74, 6) is 0.613. The predicted octanol–water partition coefficient (Wildman–Crippen LogP) is 3.80. The molecule has 1 heterocycles. The van der Waals surface area contributed by atoms with E-state index in [1.165, 1.54) is 17.0 Å². The van der Waals surface area contributed by atoms with Gasteiger partial charge in [-0.25, -0.2) is 9.37 Å². The van der Waals surface area contributed by atoms with Crippen molar-refractivity contribution in [3.63, 3.8) is 0 Å². The molecule has 0 aliphatic heterocycles. The summed E-state index contributed by atoms with van der Waals surface area (Å²) >= 11 is 1.76. The van der Waals surface area contributed by atoms with Gasteiger partial charge in [0.25, 0.3) is 0 Å². The molecule has 0 bridgehead atoms. The van der Waals surface area contributed by atoms with Crippen LogP contribution in [0.5, 0.6) is 0 Å². The van der Waals surface area contributed by atoms with Gasteiger partial charge in [0, 0.05) is 37.1 Å². The number of thiazole rings is 1. The van der Waals surface area contributed by atoms with E-state index >= 15 is 0 Å². The summed E-state index contributed by atoms with van der Waals surface area (Å²) < 4.78 is 12.9. The van der Waals surface area contributed by atoms with Crippen molar-refractivity contribution in [1.82, 2.24) is 15.6 Å². The highest BCUT2D eigenvalue weighted by atomic mass is 127. The number of aliphatic imine (C=N–C) groups is 1. The van der Waals surface area contributed by atoms with Crippen LogP contribution in [-0.4, -0.2) is 30.6 Å². The van der Waals surface area contributed by atoms with Crippen LogP contribution in [0.1, 0.15) is 29.3 Å². The maximum atomic E-state index is 12.9. The molecule has 0 spiro atoms. The topological polar surface area (TPSA) is 49.3 Å². The van der Waals surface area contributed by atoms with E-state index in [-0.39, 0.29) is 29.8 Å². The number of rotatable bonds is 8. The van der Waals surface area contributed by atoms with Gasteiger partial charge in [-0.2, -0.15) is 0 Å². The molecule has 0 aliphatic rings. The van der Waals surface area contributed by atoms with Gasteiger partial charge in [-0.3, -0.25) is 4.99 Å². The van der Waals surface area contributed by atoms with Crippen molar-refractivity contribution in [2.75, 3.05) is 19.6 Å². The van der Waals surface area contributed by atoms with E-state index in [0.717, 1.165) is 48.9 Å². The van der Waals surface area contributed by atoms with Crippen molar-refractivity contribution < 1.29 is 4.39 Å². The van der Waals surface area contributed by atoms with Crippen molar-refractivity contribution in [2.24, 2.45) is 4.99 Å². The molecular weight excluding hydrogens is 450 g/mol. The molecule has 1 aromatic carbocycles. The maximum Gasteiger partial charge on any atom is 0.191 e. The Hall–Kier alpha value is -1.22. The Bertz CT molecular complexity index is 643. The molecule has 0 radical (unpaired) electrons. The lowest BCUT2D eigenvalue weighted by atomic mass is 10.1. The van der Waals surface area contributed by atoms with Crippen LogP contribution in [0.3, 0.4) is 0 Å². The fraction of sp³-hybridized carbons (Fsp3) is 0.444. The second-order valence-electron chi connectivity index (χ2n) is 5.39. The van der Waals surface area contributed by atoms with Crippen LogP contribution in [0.25, 0.3) is 0 Å². The van der Waals surface area contributed by atoms with Crippen molar-refractivity contribution in [1.29, 1.82) is 0 Å². The molecule has 2 N–H and O–H groups in total. The Morgan fingerprint density at radius 2 is 1.92 bits per heavy atom. The van der Waals surface area contributed by atoms with Crippen LogP contribution in [0, 0.1) is 5.82 Å². The first-order chi connectivity index (χ1) is 11.7. The van der Waals surface area contributed by atoms with E-state index in [4.69, 9.17) is 0 Å². The maximum absolute atomic E-state index is 12.9. The van der Waals surface area contributed by atoms with Gasteiger partial charge in [0.2, 0.25) is 0 Å². The van der Waals surface area contributed by atoms with Crippen molar-refractivity contribution >= 4 is 41.3 Å². The zero-order valence-corrected chi connectivity index (χ0v) is 17.9. The van der Waals surface area contributed by atoms with E-state index in [2.05, 4.69) is 27.5 Å². The lowest BCUT2D eigenvalue weighted by Gasteiger charge is -2.11. The summed E-state index contributed by atoms with van der Waals surface area (Å²) in [5, 5.41) is 7.69. The van der Waals surface area contributed by atoms with E-state index in [9.17, 15) is 4.39 Å². The van der Waals surface area contributed by atoms with Crippen molar-refractivity contribution in [3.05, 3.63) is 51.7 Å². The summed E-state index contributed by atoms with van der Waals surface area (Å²) in [6.07, 6.45) is 4.68. The number of halogens is 2. The number of aryl methyl sites for hydroxylation is 1. The molecule has 4 nitrogen and oxygen atoms in total. The van der Waals surface area contributed by atoms with Crippen LogP contribution < -0.4 is 10.6 Å². The number of guanidine groups is 1. The number of aromatic nitrogens is 1. The number of hydrogen-bond acceptors (Lipinski definition) is 3. The molecule has 138 valence electrons. The van der Waals surface area contributed by atoms with E-state index < -0.39 is 0 Å². The minimum atomic E-state index is -0.199. The largest absolute Gasteiger partial charge is 0.357 e. The monoisotopic (exact) mass is 476 g/mol. The number of hydrogen-bond donors (Lipinski definition) is 2. The highest BCUT2D eigenvalue weighted by Gasteiger charge is 2.01. The first-order valence-corrected chi connectivity index (χ1v) is 9.23. The number of nitrogens with zero attached hydrogens (tertiary/aromatic N) is 2. The minimum Gasteiger partial charge on any atom is -0.357 e. The molecule has 0 atom stereocenters. The molecule has 0 saturated heterocycles. The Morgan fingerprint density at radius 1 is 1.16 bits per heavy atom. The Balaban J connectivity index is 0.00000312. The Morgan fingerprint density at radius 3 is 2.56 bits per heavy atom.